The van der Waals surface area contributed by atoms with Crippen molar-refractivity contribution >= 4 is 12.1 Å². The molecule has 1 rings (SSSR count). The lowest BCUT2D eigenvalue weighted by atomic mass is 9.98. The molecule has 0 aliphatic carbocycles. The molecule has 22 heavy (non-hydrogen) atoms. The first-order chi connectivity index (χ1) is 9.96. The zero-order valence-corrected chi connectivity index (χ0v) is 14.5. The summed E-state index contributed by atoms with van der Waals surface area (Å²) in [6.45, 7) is 12.2. The Morgan fingerprint density at radius 1 is 0.955 bits per heavy atom. The van der Waals surface area contributed by atoms with Gasteiger partial charge in [-0.2, -0.15) is 0 Å². The van der Waals surface area contributed by atoms with Crippen LogP contribution in [0, 0.1) is 17.8 Å². The molecule has 0 spiro atoms. The number of likely N-dealkylation sites (tertiary alicyclic amines) is 1. The number of esters is 1. The average Bonchev–Trinajstić information content (AvgIpc) is 2.33. The van der Waals surface area contributed by atoms with E-state index >= 15 is 0 Å². The number of hydrogen-bond acceptors (Lipinski definition) is 4. The van der Waals surface area contributed by atoms with Gasteiger partial charge in [-0.05, 0) is 54.4 Å². The van der Waals surface area contributed by atoms with Gasteiger partial charge in [0, 0.05) is 24.9 Å². The van der Waals surface area contributed by atoms with Gasteiger partial charge in [-0.1, -0.05) is 5.92 Å². The summed E-state index contributed by atoms with van der Waals surface area (Å²) in [6, 6.07) is 0. The van der Waals surface area contributed by atoms with Gasteiger partial charge in [0.15, 0.2) is 0 Å². The highest BCUT2D eigenvalue weighted by atomic mass is 16.6. The molecule has 0 unspecified atom stereocenters. The lowest BCUT2D eigenvalue weighted by molar-refractivity contribution is -0.147. The van der Waals surface area contributed by atoms with E-state index in [1.165, 1.54) is 0 Å². The van der Waals surface area contributed by atoms with Crippen LogP contribution in [0.2, 0.25) is 0 Å². The molecular formula is C17H27NO4. The largest absolute Gasteiger partial charge is 0.450 e. The maximum Gasteiger partial charge on any atom is 0.410 e. The Balaban J connectivity index is 2.43. The summed E-state index contributed by atoms with van der Waals surface area (Å²) in [4.78, 5) is 25.2. The predicted octanol–water partition coefficient (Wildman–Crippen LogP) is 2.98. The third kappa shape index (κ3) is 7.35. The number of piperidine rings is 1. The highest BCUT2D eigenvalue weighted by Crippen LogP contribution is 2.19. The molecule has 1 aliphatic rings. The summed E-state index contributed by atoms with van der Waals surface area (Å²) >= 11 is 0. The molecule has 0 radical (unpaired) electrons. The fourth-order valence-electron chi connectivity index (χ4n) is 2.00. The third-order valence-electron chi connectivity index (χ3n) is 2.92. The minimum absolute atomic E-state index is 0.117. The van der Waals surface area contributed by atoms with Crippen molar-refractivity contribution in [2.45, 2.75) is 65.6 Å². The lowest BCUT2D eigenvalue weighted by Crippen LogP contribution is -2.41. The third-order valence-corrected chi connectivity index (χ3v) is 2.92. The Kier molecular flexibility index (Phi) is 5.87. The fourth-order valence-corrected chi connectivity index (χ4v) is 2.00. The predicted molar refractivity (Wildman–Crippen MR) is 84.2 cm³/mol. The van der Waals surface area contributed by atoms with Crippen molar-refractivity contribution in [2.24, 2.45) is 5.92 Å². The number of hydrogen-bond donors (Lipinski definition) is 0. The molecule has 0 N–H and O–H groups in total. The van der Waals surface area contributed by atoms with E-state index in [-0.39, 0.29) is 12.0 Å². The molecule has 0 aromatic heterocycles. The number of nitrogens with zero attached hydrogens (tertiary/aromatic N) is 1. The number of carbonyl (C=O) groups excluding carboxylic acids is 2. The summed E-state index contributed by atoms with van der Waals surface area (Å²) < 4.78 is 10.5. The van der Waals surface area contributed by atoms with Gasteiger partial charge >= 0.3 is 12.1 Å². The maximum absolute atomic E-state index is 11.9. The van der Waals surface area contributed by atoms with Crippen LogP contribution in [-0.4, -0.2) is 41.3 Å². The molecule has 5 heteroatoms. The Morgan fingerprint density at radius 2 is 1.45 bits per heavy atom. The molecule has 1 amide bonds. The first-order valence-electron chi connectivity index (χ1n) is 7.69. The van der Waals surface area contributed by atoms with Crippen LogP contribution in [0.25, 0.3) is 0 Å². The quantitative estimate of drug-likeness (QED) is 0.392. The number of amides is 1. The summed E-state index contributed by atoms with van der Waals surface area (Å²) in [6.07, 6.45) is 1.20. The first kappa shape index (κ1) is 18.3. The van der Waals surface area contributed by atoms with Crippen molar-refractivity contribution in [3.05, 3.63) is 0 Å². The molecule has 1 heterocycles. The minimum Gasteiger partial charge on any atom is -0.450 e. The normalized spacial score (nSPS) is 16.5. The summed E-state index contributed by atoms with van der Waals surface area (Å²) in [5.74, 6) is 5.11. The number of rotatable bonds is 0. The summed E-state index contributed by atoms with van der Waals surface area (Å²) in [5, 5.41) is 0. The Hall–Kier alpha value is -1.70. The monoisotopic (exact) mass is 309 g/mol. The van der Waals surface area contributed by atoms with Gasteiger partial charge < -0.3 is 14.4 Å². The standard InChI is InChI=1S/C17H27NO4/c1-16(2,3)21-14(19)8-7-13-9-11-18(12-10-13)15(20)22-17(4,5)6/h13H,9-12H2,1-6H3. The van der Waals surface area contributed by atoms with Crippen LogP contribution in [0.1, 0.15) is 54.4 Å². The van der Waals surface area contributed by atoms with Crippen molar-refractivity contribution in [2.75, 3.05) is 13.1 Å². The Morgan fingerprint density at radius 3 is 1.91 bits per heavy atom. The van der Waals surface area contributed by atoms with E-state index in [0.29, 0.717) is 13.1 Å². The first-order valence-corrected chi connectivity index (χ1v) is 7.69. The second-order valence-corrected chi connectivity index (χ2v) is 7.51. The molecule has 0 atom stereocenters. The highest BCUT2D eigenvalue weighted by Gasteiger charge is 2.26. The van der Waals surface area contributed by atoms with Crippen LogP contribution in [0.3, 0.4) is 0 Å². The fraction of sp³-hybridized carbons (Fsp3) is 0.765. The molecule has 124 valence electrons. The van der Waals surface area contributed by atoms with Crippen LogP contribution in [-0.2, 0) is 14.3 Å². The maximum atomic E-state index is 11.9. The lowest BCUT2D eigenvalue weighted by Gasteiger charge is -2.31. The van der Waals surface area contributed by atoms with Gasteiger partial charge in [0.05, 0.1) is 0 Å². The van der Waals surface area contributed by atoms with Crippen molar-refractivity contribution in [3.8, 4) is 11.8 Å². The summed E-state index contributed by atoms with van der Waals surface area (Å²) in [5.41, 5.74) is -1.00. The summed E-state index contributed by atoms with van der Waals surface area (Å²) in [7, 11) is 0. The molecule has 0 saturated carbocycles. The van der Waals surface area contributed by atoms with Crippen molar-refractivity contribution in [1.29, 1.82) is 0 Å². The SMILES string of the molecule is CC(C)(C)OC(=O)C#CC1CCN(C(=O)OC(C)(C)C)CC1. The van der Waals surface area contributed by atoms with Gasteiger partial charge in [0.25, 0.3) is 0 Å². The molecule has 1 saturated heterocycles. The van der Waals surface area contributed by atoms with E-state index < -0.39 is 17.2 Å². The molecule has 5 nitrogen and oxygen atoms in total. The van der Waals surface area contributed by atoms with E-state index in [1.807, 2.05) is 41.5 Å². The van der Waals surface area contributed by atoms with Crippen molar-refractivity contribution in [1.82, 2.24) is 4.90 Å². The molecule has 1 fully saturated rings. The van der Waals surface area contributed by atoms with Gasteiger partial charge in [-0.3, -0.25) is 0 Å². The molecule has 0 aromatic carbocycles. The van der Waals surface area contributed by atoms with Crippen molar-refractivity contribution in [3.63, 3.8) is 0 Å². The second kappa shape index (κ2) is 7.04. The minimum atomic E-state index is -0.522. The second-order valence-electron chi connectivity index (χ2n) is 7.51. The number of ether oxygens (including phenoxy) is 2. The van der Waals surface area contributed by atoms with Gasteiger partial charge in [0.2, 0.25) is 0 Å². The smallest absolute Gasteiger partial charge is 0.410 e. The zero-order valence-electron chi connectivity index (χ0n) is 14.5. The van der Waals surface area contributed by atoms with Crippen LogP contribution >= 0.6 is 0 Å². The van der Waals surface area contributed by atoms with E-state index in [2.05, 4.69) is 11.8 Å². The van der Waals surface area contributed by atoms with Crippen molar-refractivity contribution < 1.29 is 19.1 Å². The Bertz CT molecular complexity index is 466. The Labute approximate surface area is 133 Å². The van der Waals surface area contributed by atoms with E-state index in [9.17, 15) is 9.59 Å². The van der Waals surface area contributed by atoms with E-state index in [1.54, 1.807) is 4.90 Å². The zero-order chi connectivity index (χ0) is 17.0. The molecule has 0 bridgehead atoms. The molecule has 1 aliphatic heterocycles. The number of carbonyl (C=O) groups is 2. The average molecular weight is 309 g/mol. The van der Waals surface area contributed by atoms with E-state index in [0.717, 1.165) is 12.8 Å². The molecular weight excluding hydrogens is 282 g/mol. The van der Waals surface area contributed by atoms with Crippen LogP contribution in [0.5, 0.6) is 0 Å². The van der Waals surface area contributed by atoms with Crippen LogP contribution in [0.4, 0.5) is 4.79 Å². The van der Waals surface area contributed by atoms with Crippen LogP contribution in [0.15, 0.2) is 0 Å². The van der Waals surface area contributed by atoms with Gasteiger partial charge in [-0.25, -0.2) is 9.59 Å². The van der Waals surface area contributed by atoms with Gasteiger partial charge in [0.1, 0.15) is 11.2 Å². The molecule has 0 aromatic rings. The van der Waals surface area contributed by atoms with E-state index in [4.69, 9.17) is 9.47 Å². The topological polar surface area (TPSA) is 55.8 Å². The van der Waals surface area contributed by atoms with Crippen LogP contribution < -0.4 is 0 Å². The van der Waals surface area contributed by atoms with Gasteiger partial charge in [-0.15, -0.1) is 0 Å². The highest BCUT2D eigenvalue weighted by molar-refractivity contribution is 5.88.